The molecule has 2 rings (SSSR count). The van der Waals surface area contributed by atoms with Crippen LogP contribution in [0.1, 0.15) is 37.8 Å². The Morgan fingerprint density at radius 1 is 1.31 bits per heavy atom. The first kappa shape index (κ1) is 25.1. The number of nitrogens with one attached hydrogen (secondary N) is 2. The fourth-order valence-electron chi connectivity index (χ4n) is 3.39. The summed E-state index contributed by atoms with van der Waals surface area (Å²) < 4.78 is 13.1. The van der Waals surface area contributed by atoms with Crippen LogP contribution in [-0.4, -0.2) is 44.5 Å². The molecule has 0 spiro atoms. The Balaban J connectivity index is 0.00000312. The van der Waals surface area contributed by atoms with E-state index in [2.05, 4.69) is 17.6 Å². The van der Waals surface area contributed by atoms with Crippen molar-refractivity contribution in [1.82, 2.24) is 15.5 Å². The number of carbonyl (C=O) groups excluding carboxylic acids is 1. The molecule has 7 heteroatoms. The first-order chi connectivity index (χ1) is 11.5. The van der Waals surface area contributed by atoms with Crippen LogP contribution in [0.15, 0.2) is 24.3 Å². The van der Waals surface area contributed by atoms with Crippen LogP contribution in [0.4, 0.5) is 4.39 Å². The average molecular weight is 408 g/mol. The number of hydrogen-bond acceptors (Lipinski definition) is 3. The molecule has 1 heterocycles. The standard InChI is InChI=1S/C19H30FN3O.2ClH/c1-14(16-5-4-10-21-12-16)11-19(24)22-13-18(23(2)3)15-6-8-17(20)9-7-15;;/h6-9,14,16,18,21H,4-5,10-13H2,1-3H3,(H,22,24);2*1H. The normalized spacial score (nSPS) is 19.0. The van der Waals surface area contributed by atoms with Crippen molar-refractivity contribution in [2.24, 2.45) is 11.8 Å². The van der Waals surface area contributed by atoms with Gasteiger partial charge in [0.2, 0.25) is 5.91 Å². The van der Waals surface area contributed by atoms with Crippen molar-refractivity contribution in [3.8, 4) is 0 Å². The number of amides is 1. The number of piperidine rings is 1. The van der Waals surface area contributed by atoms with E-state index >= 15 is 0 Å². The predicted octanol–water partition coefficient (Wildman–Crippen LogP) is 3.41. The summed E-state index contributed by atoms with van der Waals surface area (Å²) >= 11 is 0. The van der Waals surface area contributed by atoms with Crippen molar-refractivity contribution in [2.75, 3.05) is 33.7 Å². The first-order valence-corrected chi connectivity index (χ1v) is 8.86. The molecule has 1 aromatic rings. The monoisotopic (exact) mass is 407 g/mol. The van der Waals surface area contributed by atoms with Crippen LogP contribution in [0.3, 0.4) is 0 Å². The van der Waals surface area contributed by atoms with Gasteiger partial charge in [-0.3, -0.25) is 4.79 Å². The highest BCUT2D eigenvalue weighted by Gasteiger charge is 2.22. The lowest BCUT2D eigenvalue weighted by atomic mass is 9.85. The van der Waals surface area contributed by atoms with E-state index in [1.807, 2.05) is 19.0 Å². The second kappa shape index (κ2) is 12.5. The molecule has 0 bridgehead atoms. The number of carbonyl (C=O) groups is 1. The van der Waals surface area contributed by atoms with Crippen LogP contribution < -0.4 is 10.6 Å². The largest absolute Gasteiger partial charge is 0.354 e. The third-order valence-corrected chi connectivity index (χ3v) is 5.02. The minimum Gasteiger partial charge on any atom is -0.354 e. The van der Waals surface area contributed by atoms with Gasteiger partial charge in [-0.05, 0) is 69.6 Å². The third-order valence-electron chi connectivity index (χ3n) is 5.02. The van der Waals surface area contributed by atoms with Gasteiger partial charge in [0, 0.05) is 13.0 Å². The number of rotatable bonds is 7. The molecular formula is C19H32Cl2FN3O. The molecule has 3 unspecified atom stereocenters. The van der Waals surface area contributed by atoms with Gasteiger partial charge < -0.3 is 15.5 Å². The summed E-state index contributed by atoms with van der Waals surface area (Å²) in [6.07, 6.45) is 2.97. The van der Waals surface area contributed by atoms with Crippen molar-refractivity contribution in [2.45, 2.75) is 32.2 Å². The summed E-state index contributed by atoms with van der Waals surface area (Å²) in [5, 5.41) is 6.46. The second-order valence-electron chi connectivity index (χ2n) is 7.12. The van der Waals surface area contributed by atoms with Gasteiger partial charge in [-0.1, -0.05) is 19.1 Å². The van der Waals surface area contributed by atoms with Crippen molar-refractivity contribution < 1.29 is 9.18 Å². The van der Waals surface area contributed by atoms with Crippen LogP contribution in [0, 0.1) is 17.7 Å². The smallest absolute Gasteiger partial charge is 0.220 e. The summed E-state index contributed by atoms with van der Waals surface area (Å²) in [6.45, 7) is 4.82. The van der Waals surface area contributed by atoms with Crippen molar-refractivity contribution in [3.63, 3.8) is 0 Å². The number of likely N-dealkylation sites (N-methyl/N-ethyl adjacent to an activating group) is 1. The highest BCUT2D eigenvalue weighted by Crippen LogP contribution is 2.23. The highest BCUT2D eigenvalue weighted by atomic mass is 35.5. The van der Waals surface area contributed by atoms with Gasteiger partial charge in [0.1, 0.15) is 5.82 Å². The van der Waals surface area contributed by atoms with Gasteiger partial charge in [-0.15, -0.1) is 24.8 Å². The SMILES string of the molecule is CC(CC(=O)NCC(c1ccc(F)cc1)N(C)C)C1CCCNC1.Cl.Cl. The molecular weight excluding hydrogens is 376 g/mol. The van der Waals surface area contributed by atoms with Gasteiger partial charge in [0.15, 0.2) is 0 Å². The zero-order valence-electron chi connectivity index (χ0n) is 15.8. The van der Waals surface area contributed by atoms with Crippen LogP contribution in [0.5, 0.6) is 0 Å². The topological polar surface area (TPSA) is 44.4 Å². The number of nitrogens with zero attached hydrogens (tertiary/aromatic N) is 1. The van der Waals surface area contributed by atoms with Crippen LogP contribution >= 0.6 is 24.8 Å². The first-order valence-electron chi connectivity index (χ1n) is 8.86. The molecule has 1 aromatic carbocycles. The summed E-state index contributed by atoms with van der Waals surface area (Å²) in [5.74, 6) is 0.838. The molecule has 4 nitrogen and oxygen atoms in total. The quantitative estimate of drug-likeness (QED) is 0.727. The van der Waals surface area contributed by atoms with Crippen LogP contribution in [-0.2, 0) is 4.79 Å². The fourth-order valence-corrected chi connectivity index (χ4v) is 3.39. The lowest BCUT2D eigenvalue weighted by molar-refractivity contribution is -0.122. The molecule has 0 saturated carbocycles. The molecule has 1 saturated heterocycles. The summed E-state index contributed by atoms with van der Waals surface area (Å²) in [5.41, 5.74) is 1.01. The summed E-state index contributed by atoms with van der Waals surface area (Å²) in [6, 6.07) is 6.53. The minimum atomic E-state index is -0.241. The Kier molecular flexibility index (Phi) is 12.1. The van der Waals surface area contributed by atoms with Gasteiger partial charge >= 0.3 is 0 Å². The van der Waals surface area contributed by atoms with E-state index < -0.39 is 0 Å². The zero-order valence-corrected chi connectivity index (χ0v) is 17.5. The maximum atomic E-state index is 13.1. The van der Waals surface area contributed by atoms with Crippen LogP contribution in [0.25, 0.3) is 0 Å². The molecule has 150 valence electrons. The van der Waals surface area contributed by atoms with E-state index in [4.69, 9.17) is 0 Å². The fraction of sp³-hybridized carbons (Fsp3) is 0.632. The van der Waals surface area contributed by atoms with Crippen molar-refractivity contribution >= 4 is 30.7 Å². The molecule has 1 amide bonds. The Hall–Kier alpha value is -0.880. The lowest BCUT2D eigenvalue weighted by Crippen LogP contribution is -2.38. The Bertz CT molecular complexity index is 522. The maximum absolute atomic E-state index is 13.1. The molecule has 0 radical (unpaired) electrons. The molecule has 1 aliphatic heterocycles. The van der Waals surface area contributed by atoms with Gasteiger partial charge in [0.05, 0.1) is 6.04 Å². The molecule has 2 N–H and O–H groups in total. The van der Waals surface area contributed by atoms with Crippen molar-refractivity contribution in [1.29, 1.82) is 0 Å². The number of halogens is 3. The Morgan fingerprint density at radius 3 is 2.50 bits per heavy atom. The lowest BCUT2D eigenvalue weighted by Gasteiger charge is -2.29. The van der Waals surface area contributed by atoms with Gasteiger partial charge in [-0.2, -0.15) is 0 Å². The molecule has 1 aliphatic rings. The third kappa shape index (κ3) is 7.78. The van der Waals surface area contributed by atoms with Gasteiger partial charge in [0.25, 0.3) is 0 Å². The van der Waals surface area contributed by atoms with E-state index in [1.54, 1.807) is 12.1 Å². The second-order valence-corrected chi connectivity index (χ2v) is 7.12. The number of hydrogen-bond donors (Lipinski definition) is 2. The Labute approximate surface area is 169 Å². The molecule has 0 aromatic heterocycles. The van der Waals surface area contributed by atoms with E-state index in [1.165, 1.54) is 25.0 Å². The maximum Gasteiger partial charge on any atom is 0.220 e. The molecule has 3 atom stereocenters. The molecule has 0 aliphatic carbocycles. The minimum absolute atomic E-state index is 0. The van der Waals surface area contributed by atoms with E-state index in [0.29, 0.717) is 24.8 Å². The average Bonchev–Trinajstić information content (AvgIpc) is 2.57. The molecule has 26 heavy (non-hydrogen) atoms. The van der Waals surface area contributed by atoms with Gasteiger partial charge in [-0.25, -0.2) is 4.39 Å². The van der Waals surface area contributed by atoms with Crippen LogP contribution in [0.2, 0.25) is 0 Å². The Morgan fingerprint density at radius 2 is 1.96 bits per heavy atom. The number of benzene rings is 1. The van der Waals surface area contributed by atoms with Crippen molar-refractivity contribution in [3.05, 3.63) is 35.6 Å². The predicted molar refractivity (Wildman–Crippen MR) is 110 cm³/mol. The van der Waals surface area contributed by atoms with E-state index in [-0.39, 0.29) is 42.6 Å². The summed E-state index contributed by atoms with van der Waals surface area (Å²) in [4.78, 5) is 14.3. The van der Waals surface area contributed by atoms with E-state index in [0.717, 1.165) is 18.7 Å². The molecule has 1 fully saturated rings. The van der Waals surface area contributed by atoms with E-state index in [9.17, 15) is 9.18 Å². The zero-order chi connectivity index (χ0) is 17.5. The summed E-state index contributed by atoms with van der Waals surface area (Å²) in [7, 11) is 3.94. The highest BCUT2D eigenvalue weighted by molar-refractivity contribution is 5.85.